The summed E-state index contributed by atoms with van der Waals surface area (Å²) < 4.78 is 1.80. The average molecular weight is 381 g/mol. The Kier molecular flexibility index (Phi) is 4.07. The van der Waals surface area contributed by atoms with Crippen molar-refractivity contribution >= 4 is 11.3 Å². The fourth-order valence-corrected chi connectivity index (χ4v) is 3.95. The minimum absolute atomic E-state index is 0.0318. The third-order valence-electron chi connectivity index (χ3n) is 4.55. The molecule has 2 aromatic carbocycles. The quantitative estimate of drug-likeness (QED) is 0.435. The number of aromatic nitrogens is 3. The van der Waals surface area contributed by atoms with Gasteiger partial charge in [-0.15, -0.1) is 16.4 Å². The summed E-state index contributed by atoms with van der Waals surface area (Å²) in [7, 11) is 0. The van der Waals surface area contributed by atoms with Gasteiger partial charge in [0, 0.05) is 22.1 Å². The van der Waals surface area contributed by atoms with Crippen molar-refractivity contribution in [3.05, 3.63) is 101 Å². The second kappa shape index (κ2) is 6.87. The highest BCUT2D eigenvalue weighted by molar-refractivity contribution is 7.13. The van der Waals surface area contributed by atoms with E-state index in [1.54, 1.807) is 22.1 Å². The average Bonchev–Trinajstić information content (AvgIpc) is 3.28. The molecule has 0 fully saturated rings. The lowest BCUT2D eigenvalue weighted by atomic mass is 10.1. The minimum Gasteiger partial charge on any atom is -0.289 e. The van der Waals surface area contributed by atoms with Crippen LogP contribution >= 0.6 is 11.3 Å². The number of hydrogen-bond donors (Lipinski definition) is 0. The largest absolute Gasteiger partial charge is 0.289 e. The zero-order chi connectivity index (χ0) is 18.9. The highest BCUT2D eigenvalue weighted by Gasteiger charge is 2.18. The summed E-state index contributed by atoms with van der Waals surface area (Å²) in [6, 6.07) is 27.1. The van der Waals surface area contributed by atoms with Crippen molar-refractivity contribution in [3.8, 4) is 38.9 Å². The maximum atomic E-state index is 12.8. The van der Waals surface area contributed by atoms with E-state index >= 15 is 0 Å². The molecule has 4 nitrogen and oxygen atoms in total. The molecule has 0 atom stereocenters. The lowest BCUT2D eigenvalue weighted by Crippen LogP contribution is -2.14. The summed E-state index contributed by atoms with van der Waals surface area (Å²) in [6.07, 6.45) is 0. The summed E-state index contributed by atoms with van der Waals surface area (Å²) in [5, 5.41) is 6.71. The normalized spacial score (nSPS) is 11.0. The van der Waals surface area contributed by atoms with Gasteiger partial charge in [0.2, 0.25) is 0 Å². The monoisotopic (exact) mass is 381 g/mol. The molecule has 0 radical (unpaired) electrons. The summed E-state index contributed by atoms with van der Waals surface area (Å²) in [4.78, 5) is 18.5. The van der Waals surface area contributed by atoms with E-state index in [4.69, 9.17) is 10.1 Å². The molecule has 0 amide bonds. The van der Waals surface area contributed by atoms with E-state index < -0.39 is 0 Å². The Morgan fingerprint density at radius 1 is 0.821 bits per heavy atom. The first-order valence-electron chi connectivity index (χ1n) is 8.89. The smallest absolute Gasteiger partial charge is 0.189 e. The van der Waals surface area contributed by atoms with Gasteiger partial charge < -0.3 is 0 Å². The van der Waals surface area contributed by atoms with E-state index in [0.29, 0.717) is 17.1 Å². The van der Waals surface area contributed by atoms with Crippen LogP contribution in [0.5, 0.6) is 0 Å². The van der Waals surface area contributed by atoms with Crippen LogP contribution in [-0.2, 0) is 0 Å². The molecule has 0 N–H and O–H groups in total. The molecule has 1 aromatic heterocycles. The van der Waals surface area contributed by atoms with Gasteiger partial charge in [-0.25, -0.2) is 9.67 Å². The molecule has 0 saturated carbocycles. The first-order chi connectivity index (χ1) is 13.8. The molecule has 0 saturated heterocycles. The molecule has 0 bridgehead atoms. The number of rotatable bonds is 3. The van der Waals surface area contributed by atoms with E-state index in [1.807, 2.05) is 84.2 Å². The minimum atomic E-state index is -0.0318. The number of thiophene rings is 1. The van der Waals surface area contributed by atoms with Gasteiger partial charge in [-0.05, 0) is 29.6 Å². The molecule has 1 aliphatic heterocycles. The fraction of sp³-hybridized carbons (Fsp3) is 0. The Hall–Kier alpha value is -3.57. The molecule has 2 heterocycles. The lowest BCUT2D eigenvalue weighted by Gasteiger charge is -2.16. The Morgan fingerprint density at radius 2 is 1.57 bits per heavy atom. The Labute approximate surface area is 165 Å². The molecule has 0 unspecified atom stereocenters. The van der Waals surface area contributed by atoms with E-state index in [9.17, 15) is 4.79 Å². The maximum Gasteiger partial charge on any atom is 0.189 e. The lowest BCUT2D eigenvalue weighted by molar-refractivity contribution is 0.828. The Bertz CT molecular complexity index is 1260. The van der Waals surface area contributed by atoms with Crippen molar-refractivity contribution in [2.75, 3.05) is 0 Å². The van der Waals surface area contributed by atoms with Crippen molar-refractivity contribution in [2.45, 2.75) is 0 Å². The first-order valence-corrected chi connectivity index (χ1v) is 9.77. The van der Waals surface area contributed by atoms with Gasteiger partial charge in [-0.1, -0.05) is 54.6 Å². The third kappa shape index (κ3) is 2.92. The number of para-hydroxylation sites is 1. The van der Waals surface area contributed by atoms with E-state index in [-0.39, 0.29) is 5.43 Å². The Balaban J connectivity index is 1.82. The van der Waals surface area contributed by atoms with Gasteiger partial charge in [0.25, 0.3) is 0 Å². The van der Waals surface area contributed by atoms with Crippen LogP contribution in [0.4, 0.5) is 0 Å². The van der Waals surface area contributed by atoms with Crippen molar-refractivity contribution < 1.29 is 0 Å². The van der Waals surface area contributed by atoms with Gasteiger partial charge in [0.05, 0.1) is 17.1 Å². The molecule has 134 valence electrons. The summed E-state index contributed by atoms with van der Waals surface area (Å²) in [5.74, 6) is 0.618. The molecule has 3 aromatic rings. The molecular weight excluding hydrogens is 366 g/mol. The number of nitrogens with zero attached hydrogens (tertiary/aromatic N) is 3. The SMILES string of the molecule is O=c1cc2n(-c3ccccc3)nc(-c3ccccc3)nc-2cc1-c1cccs1. The topological polar surface area (TPSA) is 47.8 Å². The molecule has 5 heteroatoms. The second-order valence-corrected chi connectivity index (χ2v) is 7.31. The summed E-state index contributed by atoms with van der Waals surface area (Å²) in [5.41, 5.74) is 3.88. The number of fused-ring (bicyclic) bond motifs is 1. The van der Waals surface area contributed by atoms with E-state index in [2.05, 4.69) is 0 Å². The summed E-state index contributed by atoms with van der Waals surface area (Å²) >= 11 is 1.55. The van der Waals surface area contributed by atoms with Crippen molar-refractivity contribution in [3.63, 3.8) is 0 Å². The molecule has 1 aliphatic carbocycles. The van der Waals surface area contributed by atoms with Gasteiger partial charge >= 0.3 is 0 Å². The Morgan fingerprint density at radius 3 is 2.29 bits per heavy atom. The van der Waals surface area contributed by atoms with E-state index in [0.717, 1.165) is 21.8 Å². The van der Waals surface area contributed by atoms with Crippen LogP contribution in [0.15, 0.2) is 95.1 Å². The van der Waals surface area contributed by atoms with Crippen molar-refractivity contribution in [2.24, 2.45) is 0 Å². The fourth-order valence-electron chi connectivity index (χ4n) is 3.20. The van der Waals surface area contributed by atoms with Crippen LogP contribution in [0.25, 0.3) is 38.9 Å². The van der Waals surface area contributed by atoms with Gasteiger partial charge in [0.15, 0.2) is 11.3 Å². The van der Waals surface area contributed by atoms with Gasteiger partial charge in [-0.2, -0.15) is 0 Å². The molecule has 0 spiro atoms. The van der Waals surface area contributed by atoms with Crippen LogP contribution in [0.2, 0.25) is 0 Å². The molecular formula is C23H15N3OS. The number of benzene rings is 3. The van der Waals surface area contributed by atoms with Crippen LogP contribution in [-0.4, -0.2) is 14.8 Å². The maximum absolute atomic E-state index is 12.8. The van der Waals surface area contributed by atoms with Crippen LogP contribution in [0.1, 0.15) is 0 Å². The molecule has 5 rings (SSSR count). The van der Waals surface area contributed by atoms with Crippen LogP contribution in [0.3, 0.4) is 0 Å². The third-order valence-corrected chi connectivity index (χ3v) is 5.45. The van der Waals surface area contributed by atoms with Crippen molar-refractivity contribution in [1.29, 1.82) is 0 Å². The number of hydrogen-bond acceptors (Lipinski definition) is 4. The van der Waals surface area contributed by atoms with Crippen LogP contribution < -0.4 is 5.43 Å². The predicted molar refractivity (Wildman–Crippen MR) is 113 cm³/mol. The zero-order valence-corrected chi connectivity index (χ0v) is 15.6. The molecule has 2 aliphatic rings. The molecule has 28 heavy (non-hydrogen) atoms. The van der Waals surface area contributed by atoms with Gasteiger partial charge in [0.1, 0.15) is 0 Å². The highest BCUT2D eigenvalue weighted by atomic mass is 32.1. The highest BCUT2D eigenvalue weighted by Crippen LogP contribution is 2.29. The second-order valence-electron chi connectivity index (χ2n) is 6.36. The zero-order valence-electron chi connectivity index (χ0n) is 14.8. The van der Waals surface area contributed by atoms with Gasteiger partial charge in [-0.3, -0.25) is 4.79 Å². The predicted octanol–water partition coefficient (Wildman–Crippen LogP) is 5.13. The first kappa shape index (κ1) is 16.6. The standard InChI is InChI=1S/C23H15N3OS/c27-21-15-20-19(14-18(21)22-12-7-13-28-22)24-23(16-8-3-1-4-9-16)25-26(20)17-10-5-2-6-11-17/h1-15H. The summed E-state index contributed by atoms with van der Waals surface area (Å²) in [6.45, 7) is 0. The van der Waals surface area contributed by atoms with E-state index in [1.165, 1.54) is 0 Å². The van der Waals surface area contributed by atoms with Crippen molar-refractivity contribution in [1.82, 2.24) is 14.8 Å². The van der Waals surface area contributed by atoms with Crippen LogP contribution in [0, 0.1) is 0 Å².